The number of rotatable bonds is 3. The molecule has 21 heavy (non-hydrogen) atoms. The molecule has 0 aliphatic heterocycles. The van der Waals surface area contributed by atoms with Crippen molar-refractivity contribution in [3.8, 4) is 0 Å². The Morgan fingerprint density at radius 3 is 2.90 bits per heavy atom. The summed E-state index contributed by atoms with van der Waals surface area (Å²) in [6.45, 7) is 3.71. The number of aryl methyl sites for hydroxylation is 1. The molecule has 0 amide bonds. The van der Waals surface area contributed by atoms with E-state index in [9.17, 15) is 14.7 Å². The summed E-state index contributed by atoms with van der Waals surface area (Å²) in [5.74, 6) is -1.40. The van der Waals surface area contributed by atoms with Gasteiger partial charge in [0, 0.05) is 12.3 Å². The molecule has 1 aromatic carbocycles. The van der Waals surface area contributed by atoms with E-state index < -0.39 is 11.9 Å². The molecule has 0 saturated heterocycles. The van der Waals surface area contributed by atoms with Gasteiger partial charge >= 0.3 is 5.97 Å². The molecule has 0 aliphatic rings. The Hall–Kier alpha value is -2.21. The number of nitrogens with zero attached hydrogens (tertiary/aromatic N) is 2. The molecular formula is C15H14N2O3S. The largest absolute Gasteiger partial charge is 0.481 e. The van der Waals surface area contributed by atoms with Crippen LogP contribution in [0.1, 0.15) is 30.9 Å². The van der Waals surface area contributed by atoms with Crippen molar-refractivity contribution in [3.63, 3.8) is 0 Å². The minimum Gasteiger partial charge on any atom is -0.481 e. The Bertz CT molecular complexity index is 910. The summed E-state index contributed by atoms with van der Waals surface area (Å²) in [5.41, 5.74) is 2.58. The van der Waals surface area contributed by atoms with Gasteiger partial charge in [0.05, 0.1) is 16.1 Å². The lowest BCUT2D eigenvalue weighted by molar-refractivity contribution is -0.138. The number of benzene rings is 1. The van der Waals surface area contributed by atoms with Crippen molar-refractivity contribution in [2.45, 2.75) is 26.2 Å². The molecule has 2 heterocycles. The van der Waals surface area contributed by atoms with Crippen LogP contribution in [0.2, 0.25) is 0 Å². The number of carboxylic acid groups (broad SMARTS) is 1. The van der Waals surface area contributed by atoms with Gasteiger partial charge in [-0.15, -0.1) is 0 Å². The van der Waals surface area contributed by atoms with Gasteiger partial charge in [-0.05, 0) is 30.5 Å². The van der Waals surface area contributed by atoms with Gasteiger partial charge in [-0.1, -0.05) is 24.3 Å². The zero-order chi connectivity index (χ0) is 15.1. The lowest BCUT2D eigenvalue weighted by Crippen LogP contribution is -2.08. The highest BCUT2D eigenvalue weighted by Gasteiger charge is 2.17. The van der Waals surface area contributed by atoms with Gasteiger partial charge in [-0.25, -0.2) is 0 Å². The molecule has 1 atom stereocenters. The first-order valence-corrected chi connectivity index (χ1v) is 7.50. The van der Waals surface area contributed by atoms with Crippen LogP contribution in [0.15, 0.2) is 29.2 Å². The van der Waals surface area contributed by atoms with Gasteiger partial charge in [0.1, 0.15) is 0 Å². The second-order valence-electron chi connectivity index (χ2n) is 4.96. The fraction of sp³-hybridized carbons (Fsp3) is 0.267. The molecule has 3 rings (SSSR count). The van der Waals surface area contributed by atoms with E-state index in [0.717, 1.165) is 27.8 Å². The van der Waals surface area contributed by atoms with Crippen LogP contribution in [0.3, 0.4) is 0 Å². The van der Waals surface area contributed by atoms with Crippen LogP contribution < -0.4 is 5.56 Å². The van der Waals surface area contributed by atoms with Crippen LogP contribution in [0.25, 0.3) is 15.2 Å². The van der Waals surface area contributed by atoms with Gasteiger partial charge < -0.3 is 5.11 Å². The zero-order valence-corrected chi connectivity index (χ0v) is 12.5. The topological polar surface area (TPSA) is 71.7 Å². The van der Waals surface area contributed by atoms with E-state index >= 15 is 0 Å². The Balaban J connectivity index is 2.37. The van der Waals surface area contributed by atoms with Crippen molar-refractivity contribution in [1.29, 1.82) is 0 Å². The third-order valence-corrected chi connectivity index (χ3v) is 4.65. The number of carbonyl (C=O) groups is 1. The van der Waals surface area contributed by atoms with Gasteiger partial charge in [-0.2, -0.15) is 4.98 Å². The molecule has 0 fully saturated rings. The average Bonchev–Trinajstić information content (AvgIpc) is 2.82. The lowest BCUT2D eigenvalue weighted by Gasteiger charge is -2.10. The fourth-order valence-electron chi connectivity index (χ4n) is 2.43. The number of hydrogen-bond donors (Lipinski definition) is 1. The highest BCUT2D eigenvalue weighted by molar-refractivity contribution is 7.23. The molecule has 0 radical (unpaired) electrons. The van der Waals surface area contributed by atoms with Gasteiger partial charge in [0.2, 0.25) is 0 Å². The van der Waals surface area contributed by atoms with Crippen molar-refractivity contribution >= 4 is 32.5 Å². The normalized spacial score (nSPS) is 12.9. The van der Waals surface area contributed by atoms with Gasteiger partial charge in [0.15, 0.2) is 4.96 Å². The first kappa shape index (κ1) is 13.8. The van der Waals surface area contributed by atoms with Crippen molar-refractivity contribution in [2.24, 2.45) is 0 Å². The molecule has 1 unspecified atom stereocenters. The third kappa shape index (κ3) is 2.21. The van der Waals surface area contributed by atoms with E-state index in [1.807, 2.05) is 23.5 Å². The van der Waals surface area contributed by atoms with E-state index in [2.05, 4.69) is 4.98 Å². The number of aromatic nitrogens is 2. The maximum atomic E-state index is 11.4. The highest BCUT2D eigenvalue weighted by Crippen LogP contribution is 2.31. The summed E-state index contributed by atoms with van der Waals surface area (Å²) in [6, 6.07) is 5.26. The zero-order valence-electron chi connectivity index (χ0n) is 11.7. The van der Waals surface area contributed by atoms with E-state index in [-0.39, 0.29) is 5.56 Å². The summed E-state index contributed by atoms with van der Waals surface area (Å²) >= 11 is 1.41. The number of hydrogen-bond acceptors (Lipinski definition) is 4. The first-order chi connectivity index (χ1) is 10.0. The summed E-state index contributed by atoms with van der Waals surface area (Å²) in [4.78, 5) is 27.2. The number of thiazole rings is 1. The monoisotopic (exact) mass is 302 g/mol. The van der Waals surface area contributed by atoms with Crippen molar-refractivity contribution in [3.05, 3.63) is 45.9 Å². The molecule has 1 N–H and O–H groups in total. The second-order valence-corrected chi connectivity index (χ2v) is 5.97. The number of aliphatic carboxylic acids is 1. The van der Waals surface area contributed by atoms with Crippen LogP contribution in [0.5, 0.6) is 0 Å². The maximum absolute atomic E-state index is 11.4. The van der Waals surface area contributed by atoms with Crippen molar-refractivity contribution < 1.29 is 9.90 Å². The van der Waals surface area contributed by atoms with Crippen LogP contribution in [0, 0.1) is 0 Å². The molecule has 108 valence electrons. The average molecular weight is 302 g/mol. The summed E-state index contributed by atoms with van der Waals surface area (Å²) in [7, 11) is 0. The number of carboxylic acids is 1. The van der Waals surface area contributed by atoms with Gasteiger partial charge in [0.25, 0.3) is 5.56 Å². The third-order valence-electron chi connectivity index (χ3n) is 3.65. The molecule has 0 spiro atoms. The highest BCUT2D eigenvalue weighted by atomic mass is 32.1. The molecule has 0 saturated carbocycles. The minimum absolute atomic E-state index is 0.265. The quantitative estimate of drug-likeness (QED) is 0.807. The van der Waals surface area contributed by atoms with Crippen molar-refractivity contribution in [1.82, 2.24) is 9.38 Å². The Morgan fingerprint density at radius 2 is 2.24 bits per heavy atom. The lowest BCUT2D eigenvalue weighted by atomic mass is 9.97. The summed E-state index contributed by atoms with van der Waals surface area (Å²) in [6.07, 6.45) is 2.51. The Labute approximate surface area is 124 Å². The summed E-state index contributed by atoms with van der Waals surface area (Å²) in [5, 5.41) is 9.19. The van der Waals surface area contributed by atoms with Crippen molar-refractivity contribution in [2.75, 3.05) is 0 Å². The molecule has 2 aromatic heterocycles. The first-order valence-electron chi connectivity index (χ1n) is 6.68. The van der Waals surface area contributed by atoms with Gasteiger partial charge in [-0.3, -0.25) is 14.0 Å². The molecule has 3 aromatic rings. The maximum Gasteiger partial charge on any atom is 0.310 e. The Kier molecular flexibility index (Phi) is 3.25. The van der Waals surface area contributed by atoms with Crippen LogP contribution in [-0.4, -0.2) is 20.5 Å². The van der Waals surface area contributed by atoms with Crippen LogP contribution >= 0.6 is 11.3 Å². The van der Waals surface area contributed by atoms with E-state index in [1.54, 1.807) is 13.1 Å². The molecule has 6 heteroatoms. The molecule has 5 nitrogen and oxygen atoms in total. The summed E-state index contributed by atoms with van der Waals surface area (Å²) < 4.78 is 2.85. The van der Waals surface area contributed by atoms with Crippen LogP contribution in [0.4, 0.5) is 0 Å². The standard InChI is InChI=1S/C15H14N2O3S/c1-3-9-6-10(8(2)14(19)20)7-11-13(9)17-5-4-12(18)16-15(17)21-11/h4-8H,3H2,1-2H3,(H,19,20). The van der Waals surface area contributed by atoms with E-state index in [4.69, 9.17) is 0 Å². The second kappa shape index (κ2) is 4.96. The van der Waals surface area contributed by atoms with E-state index in [0.29, 0.717) is 4.96 Å². The van der Waals surface area contributed by atoms with Crippen LogP contribution in [-0.2, 0) is 11.2 Å². The molecule has 0 bridgehead atoms. The SMILES string of the molecule is CCc1cc(C(C)C(=O)O)cc2sc3nc(=O)ccn3c12. The minimum atomic E-state index is -0.842. The molecular weight excluding hydrogens is 288 g/mol. The predicted molar refractivity (Wildman–Crippen MR) is 82.3 cm³/mol. The van der Waals surface area contributed by atoms with E-state index in [1.165, 1.54) is 17.4 Å². The molecule has 0 aliphatic carbocycles. The smallest absolute Gasteiger partial charge is 0.310 e. The number of fused-ring (bicyclic) bond motifs is 3. The predicted octanol–water partition coefficient (Wildman–Crippen LogP) is 2.66. The Morgan fingerprint density at radius 1 is 1.48 bits per heavy atom. The fourth-order valence-corrected chi connectivity index (χ4v) is 3.53.